The molecule has 0 amide bonds. The molecule has 2 heterocycles. The minimum atomic E-state index is 0.570. The van der Waals surface area contributed by atoms with Gasteiger partial charge in [0.1, 0.15) is 5.69 Å². The van der Waals surface area contributed by atoms with E-state index in [2.05, 4.69) is 27.2 Å². The van der Waals surface area contributed by atoms with Crippen molar-refractivity contribution in [3.05, 3.63) is 40.3 Å². The predicted molar refractivity (Wildman–Crippen MR) is 77.1 cm³/mol. The highest BCUT2D eigenvalue weighted by molar-refractivity contribution is 6.32. The second-order valence-electron chi connectivity index (χ2n) is 4.31. The van der Waals surface area contributed by atoms with Crippen LogP contribution in [0.2, 0.25) is 5.02 Å². The van der Waals surface area contributed by atoms with Gasteiger partial charge in [0, 0.05) is 29.7 Å². The average Bonchev–Trinajstić information content (AvgIpc) is 2.38. The molecule has 2 aromatic rings. The lowest BCUT2D eigenvalue weighted by Crippen LogP contribution is -2.15. The Balaban J connectivity index is 2.43. The maximum absolute atomic E-state index is 6.13. The molecule has 0 aliphatic rings. The topological polar surface area (TPSA) is 50.7 Å². The third kappa shape index (κ3) is 3.08. The Morgan fingerprint density at radius 1 is 1.21 bits per heavy atom. The van der Waals surface area contributed by atoms with Gasteiger partial charge < -0.3 is 5.32 Å². The van der Waals surface area contributed by atoms with E-state index in [0.717, 1.165) is 30.0 Å². The molecule has 19 heavy (non-hydrogen) atoms. The summed E-state index contributed by atoms with van der Waals surface area (Å²) in [5.74, 6) is 0.584. The summed E-state index contributed by atoms with van der Waals surface area (Å²) in [5, 5.41) is 3.87. The third-order valence-electron chi connectivity index (χ3n) is 2.94. The highest BCUT2D eigenvalue weighted by Crippen LogP contribution is 2.23. The van der Waals surface area contributed by atoms with E-state index in [0.29, 0.717) is 16.5 Å². The summed E-state index contributed by atoms with van der Waals surface area (Å²) >= 11 is 6.13. The van der Waals surface area contributed by atoms with Crippen LogP contribution in [0.5, 0.6) is 0 Å². The molecule has 1 N–H and O–H groups in total. The van der Waals surface area contributed by atoms with E-state index >= 15 is 0 Å². The zero-order chi connectivity index (χ0) is 13.8. The van der Waals surface area contributed by atoms with Crippen molar-refractivity contribution >= 4 is 11.6 Å². The van der Waals surface area contributed by atoms with Crippen LogP contribution in [-0.2, 0) is 6.54 Å². The molecule has 5 heteroatoms. The van der Waals surface area contributed by atoms with Crippen molar-refractivity contribution < 1.29 is 0 Å². The van der Waals surface area contributed by atoms with E-state index in [4.69, 9.17) is 11.6 Å². The van der Waals surface area contributed by atoms with Crippen molar-refractivity contribution in [3.8, 4) is 11.5 Å². The molecule has 0 bridgehead atoms. The first-order valence-electron chi connectivity index (χ1n) is 6.29. The Morgan fingerprint density at radius 3 is 2.47 bits per heavy atom. The van der Waals surface area contributed by atoms with Gasteiger partial charge in [-0.15, -0.1) is 0 Å². The lowest BCUT2D eigenvalue weighted by Gasteiger charge is -2.11. The fourth-order valence-corrected chi connectivity index (χ4v) is 2.11. The maximum atomic E-state index is 6.13. The predicted octanol–water partition coefficient (Wildman–Crippen LogP) is 2.92. The zero-order valence-corrected chi connectivity index (χ0v) is 12.1. The van der Waals surface area contributed by atoms with Gasteiger partial charge in [0.15, 0.2) is 5.82 Å². The summed E-state index contributed by atoms with van der Waals surface area (Å²) in [5.41, 5.74) is 3.69. The molecule has 0 saturated heterocycles. The molecular weight excluding hydrogens is 260 g/mol. The van der Waals surface area contributed by atoms with Crippen molar-refractivity contribution in [3.63, 3.8) is 0 Å². The average molecular weight is 277 g/mol. The lowest BCUT2D eigenvalue weighted by atomic mass is 10.1. The molecule has 0 aromatic carbocycles. The number of nitrogens with zero attached hydrogens (tertiary/aromatic N) is 3. The van der Waals surface area contributed by atoms with E-state index in [-0.39, 0.29) is 0 Å². The number of nitrogens with one attached hydrogen (secondary N) is 1. The number of hydrogen-bond acceptors (Lipinski definition) is 4. The maximum Gasteiger partial charge on any atom is 0.180 e. The van der Waals surface area contributed by atoms with Crippen LogP contribution in [0, 0.1) is 13.8 Å². The van der Waals surface area contributed by atoms with Gasteiger partial charge in [0.25, 0.3) is 0 Å². The molecule has 0 atom stereocenters. The second-order valence-corrected chi connectivity index (χ2v) is 4.72. The highest BCUT2D eigenvalue weighted by atomic mass is 35.5. The zero-order valence-electron chi connectivity index (χ0n) is 11.4. The van der Waals surface area contributed by atoms with Gasteiger partial charge in [-0.25, -0.2) is 9.97 Å². The second kappa shape index (κ2) is 6.08. The van der Waals surface area contributed by atoms with Gasteiger partial charge in [-0.1, -0.05) is 18.5 Å². The summed E-state index contributed by atoms with van der Waals surface area (Å²) in [7, 11) is 0. The standard InChI is InChI=1S/C14H17ClN4/c1-4-16-8-11-9(2)18-14(19-10(11)3)13-12(15)6-5-7-17-13/h5-7,16H,4,8H2,1-3H3. The largest absolute Gasteiger partial charge is 0.313 e. The van der Waals surface area contributed by atoms with E-state index < -0.39 is 0 Å². The SMILES string of the molecule is CCNCc1c(C)nc(-c2ncccc2Cl)nc1C. The fourth-order valence-electron chi connectivity index (χ4n) is 1.90. The highest BCUT2D eigenvalue weighted by Gasteiger charge is 2.12. The number of halogens is 1. The van der Waals surface area contributed by atoms with Crippen LogP contribution in [0.25, 0.3) is 11.5 Å². The van der Waals surface area contributed by atoms with Crippen LogP contribution in [0.3, 0.4) is 0 Å². The van der Waals surface area contributed by atoms with Crippen molar-refractivity contribution in [1.29, 1.82) is 0 Å². The molecule has 0 fully saturated rings. The fraction of sp³-hybridized carbons (Fsp3) is 0.357. The number of hydrogen-bond donors (Lipinski definition) is 1. The first-order valence-corrected chi connectivity index (χ1v) is 6.67. The summed E-state index contributed by atoms with van der Waals surface area (Å²) in [4.78, 5) is 13.3. The van der Waals surface area contributed by atoms with Crippen LogP contribution < -0.4 is 5.32 Å². The Kier molecular flexibility index (Phi) is 4.45. The summed E-state index contributed by atoms with van der Waals surface area (Å²) < 4.78 is 0. The monoisotopic (exact) mass is 276 g/mol. The molecule has 2 aromatic heterocycles. The van der Waals surface area contributed by atoms with Gasteiger partial charge in [-0.2, -0.15) is 0 Å². The molecule has 0 aliphatic heterocycles. The van der Waals surface area contributed by atoms with Gasteiger partial charge in [0.05, 0.1) is 5.02 Å². The molecule has 4 nitrogen and oxygen atoms in total. The van der Waals surface area contributed by atoms with Gasteiger partial charge in [0.2, 0.25) is 0 Å². The Morgan fingerprint density at radius 2 is 1.89 bits per heavy atom. The van der Waals surface area contributed by atoms with Crippen molar-refractivity contribution in [2.24, 2.45) is 0 Å². The van der Waals surface area contributed by atoms with Crippen molar-refractivity contribution in [2.45, 2.75) is 27.3 Å². The van der Waals surface area contributed by atoms with Crippen LogP contribution in [0.15, 0.2) is 18.3 Å². The van der Waals surface area contributed by atoms with E-state index in [1.807, 2.05) is 13.8 Å². The summed E-state index contributed by atoms with van der Waals surface area (Å²) in [6, 6.07) is 3.59. The molecule has 2 rings (SSSR count). The summed E-state index contributed by atoms with van der Waals surface area (Å²) in [6.07, 6.45) is 1.70. The Hall–Kier alpha value is -1.52. The quantitative estimate of drug-likeness (QED) is 0.933. The smallest absolute Gasteiger partial charge is 0.180 e. The molecule has 0 saturated carbocycles. The number of pyridine rings is 1. The molecule has 0 aliphatic carbocycles. The molecule has 0 spiro atoms. The molecular formula is C14H17ClN4. The first-order chi connectivity index (χ1) is 9.13. The molecule has 0 unspecified atom stereocenters. The van der Waals surface area contributed by atoms with E-state index in [9.17, 15) is 0 Å². The van der Waals surface area contributed by atoms with Gasteiger partial charge in [-0.05, 0) is 32.5 Å². The summed E-state index contributed by atoms with van der Waals surface area (Å²) in [6.45, 7) is 7.76. The number of aromatic nitrogens is 3. The minimum absolute atomic E-state index is 0.570. The number of aryl methyl sites for hydroxylation is 2. The van der Waals surface area contributed by atoms with Crippen molar-refractivity contribution in [2.75, 3.05) is 6.54 Å². The third-order valence-corrected chi connectivity index (χ3v) is 3.25. The lowest BCUT2D eigenvalue weighted by molar-refractivity contribution is 0.711. The molecule has 0 radical (unpaired) electrons. The minimum Gasteiger partial charge on any atom is -0.313 e. The normalized spacial score (nSPS) is 10.7. The van der Waals surface area contributed by atoms with Crippen LogP contribution >= 0.6 is 11.6 Å². The van der Waals surface area contributed by atoms with E-state index in [1.165, 1.54) is 0 Å². The van der Waals surface area contributed by atoms with Crippen molar-refractivity contribution in [1.82, 2.24) is 20.3 Å². The Bertz CT molecular complexity index is 560. The van der Waals surface area contributed by atoms with Gasteiger partial charge in [-0.3, -0.25) is 4.98 Å². The van der Waals surface area contributed by atoms with Gasteiger partial charge >= 0.3 is 0 Å². The molecule has 100 valence electrons. The van der Waals surface area contributed by atoms with Crippen LogP contribution in [0.1, 0.15) is 23.9 Å². The van der Waals surface area contributed by atoms with Crippen LogP contribution in [0.4, 0.5) is 0 Å². The van der Waals surface area contributed by atoms with E-state index in [1.54, 1.807) is 18.3 Å². The Labute approximate surface area is 118 Å². The first kappa shape index (κ1) is 13.9. The van der Waals surface area contributed by atoms with Crippen LogP contribution in [-0.4, -0.2) is 21.5 Å². The number of rotatable bonds is 4.